The maximum absolute atomic E-state index is 9.94. The van der Waals surface area contributed by atoms with E-state index < -0.39 is 5.60 Å². The van der Waals surface area contributed by atoms with Crippen LogP contribution in [0.25, 0.3) is 0 Å². The highest BCUT2D eigenvalue weighted by Crippen LogP contribution is 2.29. The smallest absolute Gasteiger partial charge is 0.0765 e. The summed E-state index contributed by atoms with van der Waals surface area (Å²) in [6.07, 6.45) is 0. The number of halogens is 1. The maximum atomic E-state index is 9.94. The van der Waals surface area contributed by atoms with E-state index in [9.17, 15) is 5.11 Å². The van der Waals surface area contributed by atoms with Gasteiger partial charge < -0.3 is 15.3 Å². The lowest BCUT2D eigenvalue weighted by atomic mass is 10.0. The molecule has 2 N–H and O–H groups in total. The van der Waals surface area contributed by atoms with Crippen molar-refractivity contribution in [3.05, 3.63) is 28.2 Å². The van der Waals surface area contributed by atoms with E-state index in [0.717, 1.165) is 10.2 Å². The van der Waals surface area contributed by atoms with E-state index in [1.807, 2.05) is 34.0 Å². The molecule has 0 fully saturated rings. The molecule has 4 heteroatoms. The zero-order valence-electron chi connectivity index (χ0n) is 11.8. The molecule has 0 aliphatic heterocycles. The average Bonchev–Trinajstić information content (AvgIpc) is 2.25. The van der Waals surface area contributed by atoms with Gasteiger partial charge in [-0.3, -0.25) is 0 Å². The van der Waals surface area contributed by atoms with E-state index in [4.69, 9.17) is 0 Å². The zero-order chi connectivity index (χ0) is 13.9. The number of nitrogens with one attached hydrogen (secondary N) is 1. The molecule has 0 saturated carbocycles. The van der Waals surface area contributed by atoms with Gasteiger partial charge in [-0.1, -0.05) is 22.0 Å². The van der Waals surface area contributed by atoms with E-state index in [2.05, 4.69) is 45.2 Å². The fraction of sp³-hybridized carbons (Fsp3) is 0.571. The van der Waals surface area contributed by atoms with Crippen LogP contribution in [0.15, 0.2) is 22.7 Å². The van der Waals surface area contributed by atoms with Crippen LogP contribution in [-0.4, -0.2) is 31.3 Å². The molecule has 1 atom stereocenters. The summed E-state index contributed by atoms with van der Waals surface area (Å²) in [5, 5.41) is 13.2. The molecule has 0 aromatic heterocycles. The van der Waals surface area contributed by atoms with E-state index >= 15 is 0 Å². The zero-order valence-corrected chi connectivity index (χ0v) is 13.4. The molecule has 0 saturated heterocycles. The van der Waals surface area contributed by atoms with Crippen molar-refractivity contribution in [2.45, 2.75) is 32.4 Å². The highest BCUT2D eigenvalue weighted by atomic mass is 79.9. The Morgan fingerprint density at radius 1 is 1.44 bits per heavy atom. The van der Waals surface area contributed by atoms with Crippen LogP contribution in [0, 0.1) is 0 Å². The molecule has 0 aliphatic carbocycles. The number of likely N-dealkylation sites (N-methyl/N-ethyl adjacent to an activating group) is 1. The van der Waals surface area contributed by atoms with Crippen molar-refractivity contribution in [3.8, 4) is 0 Å². The van der Waals surface area contributed by atoms with Crippen LogP contribution in [0.4, 0.5) is 5.69 Å². The molecule has 0 amide bonds. The van der Waals surface area contributed by atoms with E-state index in [0.29, 0.717) is 6.54 Å². The molecule has 1 aromatic carbocycles. The van der Waals surface area contributed by atoms with E-state index in [-0.39, 0.29) is 6.04 Å². The number of rotatable bonds is 5. The molecule has 1 unspecified atom stereocenters. The number of benzene rings is 1. The van der Waals surface area contributed by atoms with Crippen LogP contribution < -0.4 is 10.2 Å². The SMILES string of the molecule is CNC(C)c1ccc(Br)cc1N(C)CC(C)(C)O. The summed E-state index contributed by atoms with van der Waals surface area (Å²) in [7, 11) is 3.96. The number of nitrogens with zero attached hydrogens (tertiary/aromatic N) is 1. The molecule has 1 aromatic rings. The van der Waals surface area contributed by atoms with Gasteiger partial charge in [-0.2, -0.15) is 0 Å². The van der Waals surface area contributed by atoms with Crippen molar-refractivity contribution in [1.29, 1.82) is 0 Å². The normalized spacial score (nSPS) is 13.5. The molecular weight excluding hydrogens is 292 g/mol. The van der Waals surface area contributed by atoms with Crippen molar-refractivity contribution >= 4 is 21.6 Å². The molecule has 0 radical (unpaired) electrons. The Bertz CT molecular complexity index is 401. The lowest BCUT2D eigenvalue weighted by Gasteiger charge is -2.30. The highest BCUT2D eigenvalue weighted by Gasteiger charge is 2.19. The Morgan fingerprint density at radius 2 is 2.06 bits per heavy atom. The Kier molecular flexibility index (Phi) is 5.20. The number of hydrogen-bond donors (Lipinski definition) is 2. The first-order valence-electron chi connectivity index (χ1n) is 6.15. The van der Waals surface area contributed by atoms with E-state index in [1.165, 1.54) is 5.56 Å². The molecule has 0 spiro atoms. The molecule has 0 bridgehead atoms. The number of anilines is 1. The van der Waals surface area contributed by atoms with Crippen molar-refractivity contribution in [1.82, 2.24) is 5.32 Å². The molecule has 18 heavy (non-hydrogen) atoms. The molecule has 102 valence electrons. The fourth-order valence-electron chi connectivity index (χ4n) is 2.03. The van der Waals surface area contributed by atoms with Crippen LogP contribution in [0.2, 0.25) is 0 Å². The first-order chi connectivity index (χ1) is 8.24. The van der Waals surface area contributed by atoms with Crippen molar-refractivity contribution in [3.63, 3.8) is 0 Å². The summed E-state index contributed by atoms with van der Waals surface area (Å²) in [5.74, 6) is 0. The van der Waals surface area contributed by atoms with Crippen LogP contribution in [0.1, 0.15) is 32.4 Å². The quantitative estimate of drug-likeness (QED) is 0.877. The Hall–Kier alpha value is -0.580. The minimum atomic E-state index is -0.711. The third-order valence-corrected chi connectivity index (χ3v) is 3.42. The van der Waals surface area contributed by atoms with Gasteiger partial charge in [0.25, 0.3) is 0 Å². The lowest BCUT2D eigenvalue weighted by Crippen LogP contribution is -2.37. The topological polar surface area (TPSA) is 35.5 Å². The third kappa shape index (κ3) is 4.26. The van der Waals surface area contributed by atoms with Gasteiger partial charge in [0.2, 0.25) is 0 Å². The van der Waals surface area contributed by atoms with Gasteiger partial charge in [-0.05, 0) is 45.5 Å². The second kappa shape index (κ2) is 6.04. The Labute approximate surface area is 118 Å². The first-order valence-corrected chi connectivity index (χ1v) is 6.94. The Morgan fingerprint density at radius 3 is 2.56 bits per heavy atom. The monoisotopic (exact) mass is 314 g/mol. The standard InChI is InChI=1S/C14H23BrN2O/c1-10(16-4)12-7-6-11(15)8-13(12)17(5)9-14(2,3)18/h6-8,10,16,18H,9H2,1-5H3. The second-order valence-electron chi connectivity index (χ2n) is 5.38. The van der Waals surface area contributed by atoms with Gasteiger partial charge in [0.1, 0.15) is 0 Å². The Balaban J connectivity index is 3.08. The van der Waals surface area contributed by atoms with Crippen molar-refractivity contribution in [2.24, 2.45) is 0 Å². The molecular formula is C14H23BrN2O. The molecule has 1 rings (SSSR count). The highest BCUT2D eigenvalue weighted by molar-refractivity contribution is 9.10. The van der Waals surface area contributed by atoms with Crippen molar-refractivity contribution < 1.29 is 5.11 Å². The fourth-order valence-corrected chi connectivity index (χ4v) is 2.38. The summed E-state index contributed by atoms with van der Waals surface area (Å²) in [5.41, 5.74) is 1.65. The summed E-state index contributed by atoms with van der Waals surface area (Å²) < 4.78 is 1.05. The lowest BCUT2D eigenvalue weighted by molar-refractivity contribution is 0.0886. The minimum Gasteiger partial charge on any atom is -0.389 e. The molecule has 0 aliphatic rings. The summed E-state index contributed by atoms with van der Waals surface area (Å²) in [4.78, 5) is 2.09. The maximum Gasteiger partial charge on any atom is 0.0765 e. The van der Waals surface area contributed by atoms with Gasteiger partial charge in [-0.25, -0.2) is 0 Å². The summed E-state index contributed by atoms with van der Waals surface area (Å²) in [6.45, 7) is 6.36. The van der Waals surface area contributed by atoms with Gasteiger partial charge >= 0.3 is 0 Å². The van der Waals surface area contributed by atoms with Gasteiger partial charge in [-0.15, -0.1) is 0 Å². The number of aliphatic hydroxyl groups is 1. The van der Waals surface area contributed by atoms with Crippen molar-refractivity contribution in [2.75, 3.05) is 25.5 Å². The average molecular weight is 315 g/mol. The first kappa shape index (κ1) is 15.5. The summed E-state index contributed by atoms with van der Waals surface area (Å²) in [6, 6.07) is 6.53. The van der Waals surface area contributed by atoms with Crippen LogP contribution in [0.5, 0.6) is 0 Å². The minimum absolute atomic E-state index is 0.275. The molecule has 0 heterocycles. The second-order valence-corrected chi connectivity index (χ2v) is 6.30. The summed E-state index contributed by atoms with van der Waals surface area (Å²) >= 11 is 3.51. The van der Waals surface area contributed by atoms with Gasteiger partial charge in [0.15, 0.2) is 0 Å². The predicted molar refractivity (Wildman–Crippen MR) is 81.2 cm³/mol. The van der Waals surface area contributed by atoms with Gasteiger partial charge in [0, 0.05) is 29.8 Å². The molecule has 3 nitrogen and oxygen atoms in total. The van der Waals surface area contributed by atoms with Crippen LogP contribution in [0.3, 0.4) is 0 Å². The predicted octanol–water partition coefficient (Wildman–Crippen LogP) is 2.94. The number of hydrogen-bond acceptors (Lipinski definition) is 3. The largest absolute Gasteiger partial charge is 0.389 e. The van der Waals surface area contributed by atoms with Crippen LogP contribution >= 0.6 is 15.9 Å². The van der Waals surface area contributed by atoms with Crippen LogP contribution in [-0.2, 0) is 0 Å². The van der Waals surface area contributed by atoms with E-state index in [1.54, 1.807) is 0 Å². The van der Waals surface area contributed by atoms with Gasteiger partial charge in [0.05, 0.1) is 5.60 Å². The third-order valence-electron chi connectivity index (χ3n) is 2.93.